The molecule has 5 heteroatoms. The summed E-state index contributed by atoms with van der Waals surface area (Å²) in [6.07, 6.45) is 5.21. The van der Waals surface area contributed by atoms with Crippen molar-refractivity contribution in [1.82, 2.24) is 20.3 Å². The average Bonchev–Trinajstić information content (AvgIpc) is 3.36. The maximum absolute atomic E-state index is 5.54. The van der Waals surface area contributed by atoms with Crippen molar-refractivity contribution in [3.63, 3.8) is 0 Å². The normalized spacial score (nSPS) is 18.1. The second-order valence-corrected chi connectivity index (χ2v) is 6.72. The third-order valence-corrected chi connectivity index (χ3v) is 5.15. The van der Waals surface area contributed by atoms with E-state index in [0.29, 0.717) is 6.04 Å². The Kier molecular flexibility index (Phi) is 4.40. The molecule has 0 radical (unpaired) electrons. The molecule has 1 fully saturated rings. The fourth-order valence-corrected chi connectivity index (χ4v) is 3.95. The lowest BCUT2D eigenvalue weighted by molar-refractivity contribution is 0.245. The van der Waals surface area contributed by atoms with E-state index in [9.17, 15) is 0 Å². The number of hydrogen-bond donors (Lipinski definition) is 1. The number of rotatable bonds is 5. The van der Waals surface area contributed by atoms with Crippen molar-refractivity contribution in [3.8, 4) is 11.3 Å². The molecule has 1 aromatic carbocycles. The predicted molar refractivity (Wildman–Crippen MR) is 97.0 cm³/mol. The number of hydrogen-bond acceptors (Lipinski definition) is 4. The first-order valence-corrected chi connectivity index (χ1v) is 9.04. The third kappa shape index (κ3) is 3.00. The van der Waals surface area contributed by atoms with Gasteiger partial charge in [-0.25, -0.2) is 0 Å². The van der Waals surface area contributed by atoms with E-state index in [-0.39, 0.29) is 0 Å². The summed E-state index contributed by atoms with van der Waals surface area (Å²) in [6, 6.07) is 10.8. The molecule has 0 unspecified atom stereocenters. The molecule has 0 saturated carbocycles. The Balaban J connectivity index is 1.61. The lowest BCUT2D eigenvalue weighted by Gasteiger charge is -2.24. The average molecular weight is 336 g/mol. The van der Waals surface area contributed by atoms with Crippen molar-refractivity contribution >= 4 is 0 Å². The number of aryl methyl sites for hydroxylation is 2. The molecule has 0 bridgehead atoms. The molecule has 1 aliphatic rings. The Hall–Kier alpha value is -2.40. The molecule has 0 aliphatic carbocycles. The van der Waals surface area contributed by atoms with Gasteiger partial charge in [-0.05, 0) is 31.9 Å². The van der Waals surface area contributed by atoms with Gasteiger partial charge in [0.2, 0.25) is 0 Å². The zero-order valence-corrected chi connectivity index (χ0v) is 14.8. The second kappa shape index (κ2) is 6.84. The molecule has 5 nitrogen and oxygen atoms in total. The van der Waals surface area contributed by atoms with Gasteiger partial charge in [-0.2, -0.15) is 5.10 Å². The molecule has 1 N–H and O–H groups in total. The SMILES string of the molecule is CCc1onc(C)c1[C@H]1CCCN1Cc1cn[nH]c1-c1ccccc1. The lowest BCUT2D eigenvalue weighted by atomic mass is 10.0. The number of nitrogens with one attached hydrogen (secondary N) is 1. The van der Waals surface area contributed by atoms with Crippen molar-refractivity contribution < 1.29 is 4.52 Å². The van der Waals surface area contributed by atoms with Crippen molar-refractivity contribution in [2.75, 3.05) is 6.54 Å². The fraction of sp³-hybridized carbons (Fsp3) is 0.400. The van der Waals surface area contributed by atoms with Crippen LogP contribution < -0.4 is 0 Å². The minimum atomic E-state index is 0.389. The summed E-state index contributed by atoms with van der Waals surface area (Å²) >= 11 is 0. The molecular formula is C20H24N4O. The maximum Gasteiger partial charge on any atom is 0.141 e. The smallest absolute Gasteiger partial charge is 0.141 e. The predicted octanol–water partition coefficient (Wildman–Crippen LogP) is 4.27. The Morgan fingerprint density at radius 1 is 1.28 bits per heavy atom. The van der Waals surface area contributed by atoms with Crippen LogP contribution in [-0.4, -0.2) is 26.8 Å². The van der Waals surface area contributed by atoms with Gasteiger partial charge < -0.3 is 4.52 Å². The Bertz CT molecular complexity index is 837. The van der Waals surface area contributed by atoms with Crippen LogP contribution in [0.25, 0.3) is 11.3 Å². The number of aromatic nitrogens is 3. The van der Waals surface area contributed by atoms with Crippen LogP contribution >= 0.6 is 0 Å². The van der Waals surface area contributed by atoms with Crippen LogP contribution in [0.2, 0.25) is 0 Å². The Morgan fingerprint density at radius 3 is 2.92 bits per heavy atom. The molecule has 2 aromatic heterocycles. The fourth-order valence-electron chi connectivity index (χ4n) is 3.95. The van der Waals surface area contributed by atoms with Crippen molar-refractivity contribution in [2.24, 2.45) is 0 Å². The molecule has 1 aliphatic heterocycles. The van der Waals surface area contributed by atoms with Gasteiger partial charge >= 0.3 is 0 Å². The van der Waals surface area contributed by atoms with Gasteiger partial charge in [0.05, 0.1) is 17.6 Å². The zero-order valence-electron chi connectivity index (χ0n) is 14.8. The van der Waals surface area contributed by atoms with Gasteiger partial charge in [0, 0.05) is 30.1 Å². The second-order valence-electron chi connectivity index (χ2n) is 6.72. The van der Waals surface area contributed by atoms with Crippen LogP contribution in [0.15, 0.2) is 41.1 Å². The largest absolute Gasteiger partial charge is 0.361 e. The summed E-state index contributed by atoms with van der Waals surface area (Å²) < 4.78 is 5.54. The van der Waals surface area contributed by atoms with Crippen LogP contribution in [0.5, 0.6) is 0 Å². The molecule has 130 valence electrons. The number of aromatic amines is 1. The molecule has 0 spiro atoms. The van der Waals surface area contributed by atoms with E-state index in [1.807, 2.05) is 12.3 Å². The van der Waals surface area contributed by atoms with Gasteiger partial charge in [0.1, 0.15) is 5.76 Å². The summed E-state index contributed by atoms with van der Waals surface area (Å²) in [5, 5.41) is 11.7. The van der Waals surface area contributed by atoms with Gasteiger partial charge in [0.15, 0.2) is 0 Å². The van der Waals surface area contributed by atoms with E-state index in [2.05, 4.69) is 58.4 Å². The highest BCUT2D eigenvalue weighted by Gasteiger charge is 2.31. The van der Waals surface area contributed by atoms with E-state index >= 15 is 0 Å². The van der Waals surface area contributed by atoms with E-state index in [1.54, 1.807) is 0 Å². The molecule has 4 rings (SSSR count). The highest BCUT2D eigenvalue weighted by Crippen LogP contribution is 2.37. The number of nitrogens with zero attached hydrogens (tertiary/aromatic N) is 3. The minimum absolute atomic E-state index is 0.389. The van der Waals surface area contributed by atoms with E-state index in [0.717, 1.165) is 43.1 Å². The van der Waals surface area contributed by atoms with Crippen LogP contribution in [0.4, 0.5) is 0 Å². The van der Waals surface area contributed by atoms with E-state index in [4.69, 9.17) is 4.52 Å². The molecule has 3 aromatic rings. The number of likely N-dealkylation sites (tertiary alicyclic amines) is 1. The summed E-state index contributed by atoms with van der Waals surface area (Å²) in [6.45, 7) is 6.17. The summed E-state index contributed by atoms with van der Waals surface area (Å²) in [5.74, 6) is 1.03. The van der Waals surface area contributed by atoms with Gasteiger partial charge in [-0.1, -0.05) is 42.4 Å². The Labute approximate surface area is 148 Å². The lowest BCUT2D eigenvalue weighted by Crippen LogP contribution is -2.23. The first-order chi connectivity index (χ1) is 12.3. The topological polar surface area (TPSA) is 58.0 Å². The molecule has 0 amide bonds. The molecule has 1 atom stereocenters. The highest BCUT2D eigenvalue weighted by atomic mass is 16.5. The van der Waals surface area contributed by atoms with Crippen molar-refractivity contribution in [2.45, 2.75) is 45.7 Å². The van der Waals surface area contributed by atoms with Crippen LogP contribution in [0.1, 0.15) is 48.4 Å². The molecular weight excluding hydrogens is 312 g/mol. The standard InChI is InChI=1S/C20H24N4O/c1-3-18-19(14(2)23-25-18)17-10-7-11-24(17)13-16-12-21-22-20(16)15-8-5-4-6-9-15/h4-6,8-9,12,17H,3,7,10-11,13H2,1-2H3,(H,21,22)/t17-/m1/s1. The van der Waals surface area contributed by atoms with Crippen molar-refractivity contribution in [1.29, 1.82) is 0 Å². The first-order valence-electron chi connectivity index (χ1n) is 9.04. The first kappa shape index (κ1) is 16.1. The Morgan fingerprint density at radius 2 is 2.12 bits per heavy atom. The summed E-state index contributed by atoms with van der Waals surface area (Å²) in [5.41, 5.74) is 5.87. The number of benzene rings is 1. The van der Waals surface area contributed by atoms with Gasteiger partial charge in [-0.15, -0.1) is 0 Å². The quantitative estimate of drug-likeness (QED) is 0.756. The van der Waals surface area contributed by atoms with Gasteiger partial charge in [0.25, 0.3) is 0 Å². The van der Waals surface area contributed by atoms with E-state index in [1.165, 1.54) is 23.1 Å². The van der Waals surface area contributed by atoms with Crippen LogP contribution in [0, 0.1) is 6.92 Å². The highest BCUT2D eigenvalue weighted by molar-refractivity contribution is 5.62. The zero-order chi connectivity index (χ0) is 17.2. The maximum atomic E-state index is 5.54. The summed E-state index contributed by atoms with van der Waals surface area (Å²) in [7, 11) is 0. The molecule has 3 heterocycles. The van der Waals surface area contributed by atoms with Gasteiger partial charge in [-0.3, -0.25) is 10.00 Å². The van der Waals surface area contributed by atoms with E-state index < -0.39 is 0 Å². The molecule has 1 saturated heterocycles. The van der Waals surface area contributed by atoms with Crippen LogP contribution in [0.3, 0.4) is 0 Å². The summed E-state index contributed by atoms with van der Waals surface area (Å²) in [4.78, 5) is 2.54. The number of H-pyrrole nitrogens is 1. The minimum Gasteiger partial charge on any atom is -0.361 e. The molecule has 25 heavy (non-hydrogen) atoms. The van der Waals surface area contributed by atoms with Crippen LogP contribution in [-0.2, 0) is 13.0 Å². The third-order valence-electron chi connectivity index (χ3n) is 5.15. The van der Waals surface area contributed by atoms with Crippen molar-refractivity contribution in [3.05, 3.63) is 59.1 Å². The monoisotopic (exact) mass is 336 g/mol.